The maximum absolute atomic E-state index is 10.8. The van der Waals surface area contributed by atoms with E-state index in [2.05, 4.69) is 10.2 Å². The Morgan fingerprint density at radius 1 is 1.05 bits per heavy atom. The smallest absolute Gasteiger partial charge is 0.744 e. The van der Waals surface area contributed by atoms with Crippen LogP contribution in [0.4, 0.5) is 17.1 Å². The number of azo groups is 1. The van der Waals surface area contributed by atoms with Gasteiger partial charge >= 0.3 is 29.6 Å². The fraction of sp³-hybridized carbons (Fsp3) is 0.0769. The van der Waals surface area contributed by atoms with Gasteiger partial charge in [-0.05, 0) is 36.4 Å². The van der Waals surface area contributed by atoms with Crippen LogP contribution in [-0.4, -0.2) is 20.1 Å². The van der Waals surface area contributed by atoms with Crippen molar-refractivity contribution in [1.29, 1.82) is 0 Å². The molecule has 9 heteroatoms. The minimum absolute atomic E-state index is 0. The zero-order valence-electron chi connectivity index (χ0n) is 12.1. The minimum atomic E-state index is -4.45. The first kappa shape index (κ1) is 18.6. The molecule has 0 bridgehead atoms. The molecular weight excluding hydrogens is 317 g/mol. The van der Waals surface area contributed by atoms with Crippen LogP contribution in [0.25, 0.3) is 0 Å². The molecule has 0 atom stereocenters. The molecule has 22 heavy (non-hydrogen) atoms. The number of hydrogen-bond donors (Lipinski definition) is 1. The Morgan fingerprint density at radius 2 is 1.59 bits per heavy atom. The minimum Gasteiger partial charge on any atom is -0.744 e. The molecule has 7 nitrogen and oxygen atoms in total. The van der Waals surface area contributed by atoms with Crippen LogP contribution < -0.4 is 40.0 Å². The largest absolute Gasteiger partial charge is 1.00 e. The SMILES string of the molecule is COc1cc(N=Nc2ccc(S(=O)(=O)[O-])cc2)ccc1N.[Na+]. The van der Waals surface area contributed by atoms with Crippen molar-refractivity contribution < 1.29 is 47.3 Å². The van der Waals surface area contributed by atoms with Gasteiger partial charge in [0.25, 0.3) is 0 Å². The number of nitrogen functional groups attached to an aromatic ring is 1. The van der Waals surface area contributed by atoms with E-state index in [0.29, 0.717) is 22.8 Å². The molecule has 0 heterocycles. The number of methoxy groups -OCH3 is 1. The Hall–Kier alpha value is -1.45. The molecule has 0 aliphatic heterocycles. The van der Waals surface area contributed by atoms with Crippen molar-refractivity contribution in [2.24, 2.45) is 10.2 Å². The van der Waals surface area contributed by atoms with Crippen molar-refractivity contribution in [3.63, 3.8) is 0 Å². The van der Waals surface area contributed by atoms with E-state index in [-0.39, 0.29) is 34.5 Å². The quantitative estimate of drug-likeness (QED) is 0.354. The molecule has 2 aromatic rings. The number of rotatable bonds is 4. The zero-order valence-corrected chi connectivity index (χ0v) is 14.9. The zero-order chi connectivity index (χ0) is 15.5. The van der Waals surface area contributed by atoms with Crippen LogP contribution in [-0.2, 0) is 10.1 Å². The first-order chi connectivity index (χ1) is 9.90. The summed E-state index contributed by atoms with van der Waals surface area (Å²) in [7, 11) is -2.96. The number of anilines is 1. The summed E-state index contributed by atoms with van der Waals surface area (Å²) in [5.41, 5.74) is 7.11. The number of hydrogen-bond acceptors (Lipinski definition) is 7. The molecule has 0 saturated heterocycles. The number of nitrogens with zero attached hydrogens (tertiary/aromatic N) is 2. The third-order valence-corrected chi connectivity index (χ3v) is 3.47. The molecule has 0 fully saturated rings. The van der Waals surface area contributed by atoms with Gasteiger partial charge < -0.3 is 15.0 Å². The first-order valence-electron chi connectivity index (χ1n) is 5.81. The van der Waals surface area contributed by atoms with Gasteiger partial charge in [0.15, 0.2) is 0 Å². The predicted molar refractivity (Wildman–Crippen MR) is 76.0 cm³/mol. The van der Waals surface area contributed by atoms with Crippen LogP contribution in [0.2, 0.25) is 0 Å². The summed E-state index contributed by atoms with van der Waals surface area (Å²) in [6.07, 6.45) is 0. The van der Waals surface area contributed by atoms with E-state index in [4.69, 9.17) is 10.5 Å². The summed E-state index contributed by atoms with van der Waals surface area (Å²) in [6.45, 7) is 0. The van der Waals surface area contributed by atoms with Crippen LogP contribution in [0.3, 0.4) is 0 Å². The number of nitrogens with two attached hydrogens (primary N) is 1. The summed E-state index contributed by atoms with van der Waals surface area (Å²) >= 11 is 0. The second-order valence-electron chi connectivity index (χ2n) is 4.07. The average Bonchev–Trinajstić information content (AvgIpc) is 2.46. The molecule has 0 saturated carbocycles. The summed E-state index contributed by atoms with van der Waals surface area (Å²) < 4.78 is 37.4. The van der Waals surface area contributed by atoms with Gasteiger partial charge in [-0.2, -0.15) is 10.2 Å². The van der Waals surface area contributed by atoms with E-state index < -0.39 is 10.1 Å². The van der Waals surface area contributed by atoms with Gasteiger partial charge in [0.2, 0.25) is 0 Å². The van der Waals surface area contributed by atoms with Gasteiger partial charge in [0.1, 0.15) is 15.9 Å². The Labute approximate surface area is 150 Å². The third-order valence-electron chi connectivity index (χ3n) is 2.62. The Kier molecular flexibility index (Phi) is 6.51. The van der Waals surface area contributed by atoms with Crippen molar-refractivity contribution in [3.8, 4) is 5.75 Å². The van der Waals surface area contributed by atoms with Crippen LogP contribution in [0.5, 0.6) is 5.75 Å². The van der Waals surface area contributed by atoms with Crippen LogP contribution in [0.15, 0.2) is 57.6 Å². The standard InChI is InChI=1S/C13H13N3O4S.Na/c1-20-13-8-10(4-7-12(13)14)16-15-9-2-5-11(6-3-9)21(17,18)19;/h2-8H,14H2,1H3,(H,17,18,19);/q;+1/p-1. The molecule has 2 N–H and O–H groups in total. The van der Waals surface area contributed by atoms with Crippen molar-refractivity contribution in [2.75, 3.05) is 12.8 Å². The monoisotopic (exact) mass is 329 g/mol. The van der Waals surface area contributed by atoms with Crippen molar-refractivity contribution in [1.82, 2.24) is 0 Å². The Balaban J connectivity index is 0.00000242. The number of ether oxygens (including phenoxy) is 1. The van der Waals surface area contributed by atoms with Crippen molar-refractivity contribution >= 4 is 27.2 Å². The second-order valence-corrected chi connectivity index (χ2v) is 5.45. The average molecular weight is 329 g/mol. The third kappa shape index (κ3) is 4.79. The van der Waals surface area contributed by atoms with Gasteiger partial charge in [-0.3, -0.25) is 0 Å². The van der Waals surface area contributed by atoms with Crippen LogP contribution >= 0.6 is 0 Å². The molecular formula is C13H12N3NaO4S. The molecule has 0 aliphatic rings. The summed E-state index contributed by atoms with van der Waals surface area (Å²) in [5.74, 6) is 0.485. The van der Waals surface area contributed by atoms with Crippen LogP contribution in [0, 0.1) is 0 Å². The molecule has 0 aliphatic carbocycles. The van der Waals surface area contributed by atoms with Gasteiger partial charge in [0.05, 0.1) is 29.1 Å². The van der Waals surface area contributed by atoms with E-state index in [1.807, 2.05) is 0 Å². The molecule has 0 unspecified atom stereocenters. The summed E-state index contributed by atoms with van der Waals surface area (Å²) in [5, 5.41) is 7.92. The van der Waals surface area contributed by atoms with Gasteiger partial charge in [-0.1, -0.05) is 0 Å². The topological polar surface area (TPSA) is 117 Å². The summed E-state index contributed by atoms with van der Waals surface area (Å²) in [6, 6.07) is 10.1. The fourth-order valence-corrected chi connectivity index (χ4v) is 2.03. The molecule has 0 aromatic heterocycles. The molecule has 2 rings (SSSR count). The normalized spacial score (nSPS) is 11.2. The Bertz CT molecular complexity index is 776. The van der Waals surface area contributed by atoms with Gasteiger partial charge in [-0.25, -0.2) is 8.42 Å². The molecule has 0 amide bonds. The van der Waals surface area contributed by atoms with Crippen LogP contribution in [0.1, 0.15) is 0 Å². The van der Waals surface area contributed by atoms with Crippen molar-refractivity contribution in [3.05, 3.63) is 42.5 Å². The van der Waals surface area contributed by atoms with Gasteiger partial charge in [-0.15, -0.1) is 0 Å². The molecule has 2 aromatic carbocycles. The number of benzene rings is 2. The predicted octanol–water partition coefficient (Wildman–Crippen LogP) is -0.399. The van der Waals surface area contributed by atoms with E-state index in [9.17, 15) is 13.0 Å². The van der Waals surface area contributed by atoms with E-state index in [1.165, 1.54) is 31.4 Å². The van der Waals surface area contributed by atoms with E-state index in [0.717, 1.165) is 0 Å². The molecule has 0 radical (unpaired) electrons. The summed E-state index contributed by atoms with van der Waals surface area (Å²) in [4.78, 5) is -0.310. The van der Waals surface area contributed by atoms with Crippen molar-refractivity contribution in [2.45, 2.75) is 4.90 Å². The Morgan fingerprint density at radius 3 is 2.14 bits per heavy atom. The molecule has 110 valence electrons. The van der Waals surface area contributed by atoms with Gasteiger partial charge in [0, 0.05) is 6.07 Å². The molecule has 0 spiro atoms. The maximum atomic E-state index is 10.8. The maximum Gasteiger partial charge on any atom is 1.00 e. The second kappa shape index (κ2) is 7.70. The first-order valence-corrected chi connectivity index (χ1v) is 7.22. The van der Waals surface area contributed by atoms with E-state index in [1.54, 1.807) is 18.2 Å². The van der Waals surface area contributed by atoms with E-state index >= 15 is 0 Å². The fourth-order valence-electron chi connectivity index (χ4n) is 1.56.